The van der Waals surface area contributed by atoms with Crippen molar-refractivity contribution in [1.82, 2.24) is 9.88 Å². The van der Waals surface area contributed by atoms with Crippen molar-refractivity contribution < 1.29 is 19.1 Å². The molecule has 0 atom stereocenters. The van der Waals surface area contributed by atoms with Crippen LogP contribution in [0.1, 0.15) is 36.8 Å². The van der Waals surface area contributed by atoms with Crippen molar-refractivity contribution in [3.8, 4) is 0 Å². The number of hydrogen-bond donors (Lipinski definition) is 0. The molecule has 1 aliphatic rings. The second-order valence-electron chi connectivity index (χ2n) is 7.99. The van der Waals surface area contributed by atoms with E-state index in [0.717, 1.165) is 22.2 Å². The predicted molar refractivity (Wildman–Crippen MR) is 108 cm³/mol. The molecule has 0 aliphatic carbocycles. The predicted octanol–water partition coefficient (Wildman–Crippen LogP) is 3.39. The van der Waals surface area contributed by atoms with Crippen molar-refractivity contribution >= 4 is 28.7 Å². The molecule has 150 valence electrons. The number of fused-ring (bicyclic) bond motifs is 1. The van der Waals surface area contributed by atoms with Crippen LogP contribution in [0, 0.1) is 6.92 Å². The molecule has 0 N–H and O–H groups in total. The number of esters is 1. The van der Waals surface area contributed by atoms with Crippen LogP contribution in [0.5, 0.6) is 0 Å². The van der Waals surface area contributed by atoms with E-state index in [-0.39, 0.29) is 11.8 Å². The van der Waals surface area contributed by atoms with Gasteiger partial charge < -0.3 is 19.3 Å². The molecule has 28 heavy (non-hydrogen) atoms. The first-order chi connectivity index (χ1) is 13.2. The maximum atomic E-state index is 12.3. The first kappa shape index (κ1) is 19.9. The number of anilines is 1. The van der Waals surface area contributed by atoms with Gasteiger partial charge in [0.1, 0.15) is 5.60 Å². The number of aromatic nitrogens is 1. The number of carbonyl (C=O) groups is 2. The second kappa shape index (κ2) is 7.66. The van der Waals surface area contributed by atoms with Crippen molar-refractivity contribution in [1.29, 1.82) is 0 Å². The van der Waals surface area contributed by atoms with Gasteiger partial charge in [0, 0.05) is 37.3 Å². The first-order valence-corrected chi connectivity index (χ1v) is 9.40. The van der Waals surface area contributed by atoms with Gasteiger partial charge in [-0.25, -0.2) is 14.6 Å². The van der Waals surface area contributed by atoms with Crippen LogP contribution in [0.4, 0.5) is 10.5 Å². The van der Waals surface area contributed by atoms with Crippen LogP contribution in [0.25, 0.3) is 10.9 Å². The number of carbonyl (C=O) groups excluding carboxylic acids is 2. The van der Waals surface area contributed by atoms with Crippen LogP contribution in [0.15, 0.2) is 24.3 Å². The molecule has 0 unspecified atom stereocenters. The summed E-state index contributed by atoms with van der Waals surface area (Å²) in [5.74, 6) is -0.462. The number of benzene rings is 1. The number of methoxy groups -OCH3 is 1. The van der Waals surface area contributed by atoms with Gasteiger partial charge in [0.25, 0.3) is 0 Å². The van der Waals surface area contributed by atoms with E-state index in [1.54, 1.807) is 11.0 Å². The Balaban J connectivity index is 1.86. The van der Waals surface area contributed by atoms with E-state index in [1.807, 2.05) is 39.8 Å². The molecule has 2 heterocycles. The number of nitrogens with zero attached hydrogens (tertiary/aromatic N) is 3. The summed E-state index contributed by atoms with van der Waals surface area (Å²) in [6.45, 7) is 10.0. The standard InChI is InChI=1S/C21H27N3O4/c1-14-6-7-16-15(12-14)18(13-17(22-16)19(25)27-5)23-8-10-24(11-9-23)20(26)28-21(2,3)4/h6-7,12-13H,8-11H2,1-5H3. The third kappa shape index (κ3) is 4.35. The van der Waals surface area contributed by atoms with Gasteiger partial charge in [-0.2, -0.15) is 0 Å². The van der Waals surface area contributed by atoms with Gasteiger partial charge >= 0.3 is 12.1 Å². The summed E-state index contributed by atoms with van der Waals surface area (Å²) < 4.78 is 10.3. The zero-order valence-electron chi connectivity index (χ0n) is 17.1. The fourth-order valence-corrected chi connectivity index (χ4v) is 3.25. The average Bonchev–Trinajstić information content (AvgIpc) is 2.65. The van der Waals surface area contributed by atoms with Gasteiger partial charge in [0.05, 0.1) is 12.6 Å². The third-order valence-corrected chi connectivity index (χ3v) is 4.61. The van der Waals surface area contributed by atoms with Gasteiger partial charge in [-0.3, -0.25) is 0 Å². The number of aryl methyl sites for hydroxylation is 1. The van der Waals surface area contributed by atoms with Crippen molar-refractivity contribution in [2.24, 2.45) is 0 Å². The van der Waals surface area contributed by atoms with Gasteiger partial charge in [0.15, 0.2) is 5.69 Å². The first-order valence-electron chi connectivity index (χ1n) is 9.40. The van der Waals surface area contributed by atoms with E-state index in [1.165, 1.54) is 7.11 Å². The highest BCUT2D eigenvalue weighted by Gasteiger charge is 2.27. The Morgan fingerprint density at radius 1 is 1.07 bits per heavy atom. The smallest absolute Gasteiger partial charge is 0.410 e. The normalized spacial score (nSPS) is 14.9. The molecular formula is C21H27N3O4. The van der Waals surface area contributed by atoms with Crippen molar-refractivity contribution in [2.45, 2.75) is 33.3 Å². The van der Waals surface area contributed by atoms with Crippen LogP contribution in [0.2, 0.25) is 0 Å². The lowest BCUT2D eigenvalue weighted by Gasteiger charge is -2.37. The number of rotatable bonds is 2. The zero-order chi connectivity index (χ0) is 20.5. The number of hydrogen-bond acceptors (Lipinski definition) is 6. The fraction of sp³-hybridized carbons (Fsp3) is 0.476. The monoisotopic (exact) mass is 385 g/mol. The largest absolute Gasteiger partial charge is 0.464 e. The molecule has 0 radical (unpaired) electrons. The molecule has 1 fully saturated rings. The fourth-order valence-electron chi connectivity index (χ4n) is 3.25. The van der Waals surface area contributed by atoms with Gasteiger partial charge in [-0.15, -0.1) is 0 Å². The molecule has 7 nitrogen and oxygen atoms in total. The van der Waals surface area contributed by atoms with Crippen LogP contribution < -0.4 is 4.90 Å². The van der Waals surface area contributed by atoms with E-state index >= 15 is 0 Å². The summed E-state index contributed by atoms with van der Waals surface area (Å²) in [5.41, 5.74) is 2.57. The van der Waals surface area contributed by atoms with Gasteiger partial charge in [-0.05, 0) is 45.9 Å². The highest BCUT2D eigenvalue weighted by molar-refractivity contribution is 5.98. The van der Waals surface area contributed by atoms with E-state index in [0.29, 0.717) is 26.2 Å². The summed E-state index contributed by atoms with van der Waals surface area (Å²) in [4.78, 5) is 32.7. The Morgan fingerprint density at radius 3 is 2.36 bits per heavy atom. The van der Waals surface area contributed by atoms with E-state index in [2.05, 4.69) is 16.0 Å². The number of ether oxygens (including phenoxy) is 2. The van der Waals surface area contributed by atoms with Crippen LogP contribution in [-0.2, 0) is 9.47 Å². The molecule has 1 saturated heterocycles. The molecule has 0 spiro atoms. The quantitative estimate of drug-likeness (QED) is 0.738. The minimum Gasteiger partial charge on any atom is -0.464 e. The Hall–Kier alpha value is -2.83. The lowest BCUT2D eigenvalue weighted by atomic mass is 10.1. The molecule has 1 aromatic carbocycles. The van der Waals surface area contributed by atoms with Gasteiger partial charge in [0.2, 0.25) is 0 Å². The molecule has 1 aliphatic heterocycles. The molecule has 7 heteroatoms. The number of piperazine rings is 1. The summed E-state index contributed by atoms with van der Waals surface area (Å²) in [7, 11) is 1.35. The minimum absolute atomic E-state index is 0.281. The number of pyridine rings is 1. The Bertz CT molecular complexity index is 896. The lowest BCUT2D eigenvalue weighted by molar-refractivity contribution is 0.0240. The topological polar surface area (TPSA) is 72.0 Å². The molecular weight excluding hydrogens is 358 g/mol. The third-order valence-electron chi connectivity index (χ3n) is 4.61. The highest BCUT2D eigenvalue weighted by atomic mass is 16.6. The van der Waals surface area contributed by atoms with Crippen molar-refractivity contribution in [3.63, 3.8) is 0 Å². The van der Waals surface area contributed by atoms with E-state index in [9.17, 15) is 9.59 Å². The van der Waals surface area contributed by atoms with Crippen LogP contribution >= 0.6 is 0 Å². The molecule has 2 aromatic rings. The van der Waals surface area contributed by atoms with Crippen molar-refractivity contribution in [3.05, 3.63) is 35.5 Å². The van der Waals surface area contributed by atoms with Crippen LogP contribution in [-0.4, -0.2) is 60.8 Å². The Labute approximate surface area is 165 Å². The summed E-state index contributed by atoms with van der Waals surface area (Å²) in [5, 5.41) is 0.985. The Morgan fingerprint density at radius 2 is 1.75 bits per heavy atom. The van der Waals surface area contributed by atoms with Crippen molar-refractivity contribution in [2.75, 3.05) is 38.2 Å². The average molecular weight is 385 g/mol. The molecule has 0 bridgehead atoms. The lowest BCUT2D eigenvalue weighted by Crippen LogP contribution is -2.50. The molecule has 1 aromatic heterocycles. The maximum Gasteiger partial charge on any atom is 0.410 e. The molecule has 3 rings (SSSR count). The number of amides is 1. The summed E-state index contributed by atoms with van der Waals surface area (Å²) in [6.07, 6.45) is -0.294. The molecule has 0 saturated carbocycles. The minimum atomic E-state index is -0.511. The molecule has 1 amide bonds. The SMILES string of the molecule is COC(=O)c1cc(N2CCN(C(=O)OC(C)(C)C)CC2)c2cc(C)ccc2n1. The second-order valence-corrected chi connectivity index (χ2v) is 7.99. The zero-order valence-corrected chi connectivity index (χ0v) is 17.1. The maximum absolute atomic E-state index is 12.3. The Kier molecular flexibility index (Phi) is 5.45. The summed E-state index contributed by atoms with van der Waals surface area (Å²) >= 11 is 0. The van der Waals surface area contributed by atoms with E-state index in [4.69, 9.17) is 9.47 Å². The highest BCUT2D eigenvalue weighted by Crippen LogP contribution is 2.29. The van der Waals surface area contributed by atoms with Crippen LogP contribution in [0.3, 0.4) is 0 Å². The van der Waals surface area contributed by atoms with E-state index < -0.39 is 11.6 Å². The summed E-state index contributed by atoms with van der Waals surface area (Å²) in [6, 6.07) is 7.73. The van der Waals surface area contributed by atoms with Gasteiger partial charge in [-0.1, -0.05) is 11.6 Å².